The summed E-state index contributed by atoms with van der Waals surface area (Å²) in [6.45, 7) is 1.03. The van der Waals surface area contributed by atoms with E-state index in [1.54, 1.807) is 24.3 Å². The Bertz CT molecular complexity index is 932. The van der Waals surface area contributed by atoms with Crippen molar-refractivity contribution in [3.63, 3.8) is 0 Å². The van der Waals surface area contributed by atoms with E-state index >= 15 is 0 Å². The van der Waals surface area contributed by atoms with E-state index in [1.807, 2.05) is 0 Å². The van der Waals surface area contributed by atoms with Gasteiger partial charge in [0.05, 0.1) is 0 Å². The van der Waals surface area contributed by atoms with E-state index in [4.69, 9.17) is 16.0 Å². The molecule has 0 fully saturated rings. The number of oxazole rings is 1. The molecule has 26 heavy (non-hydrogen) atoms. The highest BCUT2D eigenvalue weighted by Crippen LogP contribution is 2.28. The molecule has 1 aromatic carbocycles. The number of benzene rings is 1. The predicted molar refractivity (Wildman–Crippen MR) is 87.5 cm³/mol. The van der Waals surface area contributed by atoms with Gasteiger partial charge in [0.1, 0.15) is 18.5 Å². The lowest BCUT2D eigenvalue weighted by Gasteiger charge is -2.04. The summed E-state index contributed by atoms with van der Waals surface area (Å²) < 4.78 is 44.1. The SMILES string of the molecule is Cc1cc(C(F)(F)F)nn1CC(=O)Nc1nc(-c2ccc(Cl)cc2)co1. The molecule has 0 spiro atoms. The van der Waals surface area contributed by atoms with Gasteiger partial charge in [-0.1, -0.05) is 23.7 Å². The van der Waals surface area contributed by atoms with Crippen LogP contribution in [-0.2, 0) is 17.5 Å². The van der Waals surface area contributed by atoms with E-state index in [9.17, 15) is 18.0 Å². The van der Waals surface area contributed by atoms with Crippen molar-refractivity contribution in [2.75, 3.05) is 5.32 Å². The molecule has 2 aromatic heterocycles. The number of amides is 1. The van der Waals surface area contributed by atoms with Gasteiger partial charge in [-0.15, -0.1) is 0 Å². The van der Waals surface area contributed by atoms with Crippen LogP contribution in [0.5, 0.6) is 0 Å². The molecule has 6 nitrogen and oxygen atoms in total. The van der Waals surface area contributed by atoms with E-state index in [0.717, 1.165) is 16.3 Å². The normalized spacial score (nSPS) is 11.6. The number of alkyl halides is 3. The van der Waals surface area contributed by atoms with Crippen molar-refractivity contribution < 1.29 is 22.4 Å². The molecule has 0 unspecified atom stereocenters. The van der Waals surface area contributed by atoms with Gasteiger partial charge in [0.2, 0.25) is 5.91 Å². The molecule has 10 heteroatoms. The molecule has 136 valence electrons. The molecule has 0 saturated carbocycles. The zero-order chi connectivity index (χ0) is 18.9. The Morgan fingerprint density at radius 2 is 2.00 bits per heavy atom. The lowest BCUT2D eigenvalue weighted by atomic mass is 10.2. The summed E-state index contributed by atoms with van der Waals surface area (Å²) in [4.78, 5) is 16.1. The monoisotopic (exact) mass is 384 g/mol. The molecule has 1 N–H and O–H groups in total. The van der Waals surface area contributed by atoms with Gasteiger partial charge in [0.25, 0.3) is 0 Å². The molecule has 0 atom stereocenters. The first-order valence-electron chi connectivity index (χ1n) is 7.35. The largest absolute Gasteiger partial charge is 0.435 e. The van der Waals surface area contributed by atoms with E-state index < -0.39 is 24.3 Å². The van der Waals surface area contributed by atoms with Crippen LogP contribution in [0.4, 0.5) is 19.2 Å². The fraction of sp³-hybridized carbons (Fsp3) is 0.188. The van der Waals surface area contributed by atoms with Gasteiger partial charge < -0.3 is 4.42 Å². The molecule has 0 saturated heterocycles. The van der Waals surface area contributed by atoms with Gasteiger partial charge in [0, 0.05) is 16.3 Å². The maximum atomic E-state index is 12.6. The van der Waals surface area contributed by atoms with Crippen LogP contribution in [0.2, 0.25) is 5.02 Å². The average molecular weight is 385 g/mol. The van der Waals surface area contributed by atoms with Crippen LogP contribution < -0.4 is 5.32 Å². The number of hydrogen-bond donors (Lipinski definition) is 1. The molecule has 2 heterocycles. The highest BCUT2D eigenvalue weighted by molar-refractivity contribution is 6.30. The van der Waals surface area contributed by atoms with Crippen LogP contribution >= 0.6 is 11.6 Å². The second-order valence-corrected chi connectivity index (χ2v) is 5.86. The number of halogens is 4. The summed E-state index contributed by atoms with van der Waals surface area (Å²) in [5.74, 6) is -0.616. The topological polar surface area (TPSA) is 73.0 Å². The zero-order valence-corrected chi connectivity index (χ0v) is 14.1. The molecule has 1 amide bonds. The van der Waals surface area contributed by atoms with E-state index in [-0.39, 0.29) is 11.7 Å². The summed E-state index contributed by atoms with van der Waals surface area (Å²) in [7, 11) is 0. The Kier molecular flexibility index (Phi) is 4.73. The Morgan fingerprint density at radius 3 is 2.62 bits per heavy atom. The van der Waals surface area contributed by atoms with Gasteiger partial charge in [-0.2, -0.15) is 23.3 Å². The predicted octanol–water partition coefficient (Wildman–Crippen LogP) is 4.16. The molecular formula is C16H12ClF3N4O2. The smallest absolute Gasteiger partial charge is 0.431 e. The lowest BCUT2D eigenvalue weighted by Crippen LogP contribution is -2.21. The minimum absolute atomic E-state index is 0.0687. The Labute approximate surface area is 150 Å². The maximum Gasteiger partial charge on any atom is 0.435 e. The number of aryl methyl sites for hydroxylation is 1. The third-order valence-electron chi connectivity index (χ3n) is 3.46. The number of carbonyl (C=O) groups is 1. The maximum absolute atomic E-state index is 12.6. The Hall–Kier alpha value is -2.81. The van der Waals surface area contributed by atoms with Gasteiger partial charge in [-0.25, -0.2) is 0 Å². The van der Waals surface area contributed by atoms with Crippen molar-refractivity contribution in [3.05, 3.63) is 53.0 Å². The number of carbonyl (C=O) groups excluding carboxylic acids is 1. The number of hydrogen-bond acceptors (Lipinski definition) is 4. The molecule has 0 bridgehead atoms. The summed E-state index contributed by atoms with van der Waals surface area (Å²) in [5, 5.41) is 6.34. The third-order valence-corrected chi connectivity index (χ3v) is 3.71. The number of nitrogens with zero attached hydrogens (tertiary/aromatic N) is 3. The Balaban J connectivity index is 1.68. The molecule has 0 radical (unpaired) electrons. The van der Waals surface area contributed by atoms with E-state index in [2.05, 4.69) is 15.4 Å². The van der Waals surface area contributed by atoms with Crippen LogP contribution in [0.3, 0.4) is 0 Å². The van der Waals surface area contributed by atoms with Crippen LogP contribution in [0.15, 0.2) is 41.0 Å². The fourth-order valence-corrected chi connectivity index (χ4v) is 2.31. The molecule has 0 aliphatic rings. The molecule has 0 aliphatic carbocycles. The average Bonchev–Trinajstić information content (AvgIpc) is 3.15. The highest BCUT2D eigenvalue weighted by Gasteiger charge is 2.34. The fourth-order valence-electron chi connectivity index (χ4n) is 2.19. The van der Waals surface area contributed by atoms with Crippen molar-refractivity contribution in [1.82, 2.24) is 14.8 Å². The van der Waals surface area contributed by atoms with Crippen molar-refractivity contribution in [3.8, 4) is 11.3 Å². The summed E-state index contributed by atoms with van der Waals surface area (Å²) >= 11 is 5.81. The van der Waals surface area contributed by atoms with Crippen molar-refractivity contribution in [2.24, 2.45) is 0 Å². The first kappa shape index (κ1) is 18.0. The zero-order valence-electron chi connectivity index (χ0n) is 13.3. The molecule has 0 aliphatic heterocycles. The summed E-state index contributed by atoms with van der Waals surface area (Å²) in [6.07, 6.45) is -3.22. The van der Waals surface area contributed by atoms with Crippen LogP contribution in [0.25, 0.3) is 11.3 Å². The second-order valence-electron chi connectivity index (χ2n) is 5.42. The third kappa shape index (κ3) is 4.05. The van der Waals surface area contributed by atoms with Gasteiger partial charge in [0.15, 0.2) is 5.69 Å². The summed E-state index contributed by atoms with van der Waals surface area (Å²) in [6, 6.07) is 7.64. The summed E-state index contributed by atoms with van der Waals surface area (Å²) in [5.41, 5.74) is 0.369. The van der Waals surface area contributed by atoms with Gasteiger partial charge in [-0.3, -0.25) is 14.8 Å². The lowest BCUT2D eigenvalue weighted by molar-refractivity contribution is -0.141. The minimum atomic E-state index is -4.57. The van der Waals surface area contributed by atoms with Crippen molar-refractivity contribution in [2.45, 2.75) is 19.6 Å². The second kappa shape index (κ2) is 6.83. The first-order valence-corrected chi connectivity index (χ1v) is 7.73. The van der Waals surface area contributed by atoms with Crippen LogP contribution in [0, 0.1) is 6.92 Å². The molecular weight excluding hydrogens is 373 g/mol. The molecule has 3 aromatic rings. The quantitative estimate of drug-likeness (QED) is 0.733. The van der Waals surface area contributed by atoms with E-state index in [0.29, 0.717) is 10.7 Å². The number of anilines is 1. The molecule has 3 rings (SSSR count). The van der Waals surface area contributed by atoms with Gasteiger partial charge >= 0.3 is 12.2 Å². The van der Waals surface area contributed by atoms with Crippen molar-refractivity contribution >= 4 is 23.5 Å². The minimum Gasteiger partial charge on any atom is -0.431 e. The van der Waals surface area contributed by atoms with Crippen LogP contribution in [0.1, 0.15) is 11.4 Å². The van der Waals surface area contributed by atoms with E-state index in [1.165, 1.54) is 13.2 Å². The highest BCUT2D eigenvalue weighted by atomic mass is 35.5. The van der Waals surface area contributed by atoms with Gasteiger partial charge in [-0.05, 0) is 25.1 Å². The first-order chi connectivity index (χ1) is 12.2. The Morgan fingerprint density at radius 1 is 1.31 bits per heavy atom. The standard InChI is InChI=1S/C16H12ClF3N4O2/c1-9-6-13(16(18,19)20)23-24(9)7-14(25)22-15-21-12(8-26-15)10-2-4-11(17)5-3-10/h2-6,8H,7H2,1H3,(H,21,22,25). The number of rotatable bonds is 4. The van der Waals surface area contributed by atoms with Crippen molar-refractivity contribution in [1.29, 1.82) is 0 Å². The van der Waals surface area contributed by atoms with Crippen LogP contribution in [-0.4, -0.2) is 20.7 Å². The number of nitrogens with one attached hydrogen (secondary N) is 1. The number of aromatic nitrogens is 3.